The molecule has 110 valence electrons. The number of para-hydroxylation sites is 2. The van der Waals surface area contributed by atoms with Crippen LogP contribution in [0.3, 0.4) is 0 Å². The molecule has 1 heterocycles. The highest BCUT2D eigenvalue weighted by atomic mass is 16.5. The predicted octanol–water partition coefficient (Wildman–Crippen LogP) is 2.87. The highest BCUT2D eigenvalue weighted by Gasteiger charge is 2.05. The molecule has 0 radical (unpaired) electrons. The van der Waals surface area contributed by atoms with Crippen LogP contribution < -0.4 is 5.32 Å². The highest BCUT2D eigenvalue weighted by molar-refractivity contribution is 5.75. The van der Waals surface area contributed by atoms with Gasteiger partial charge in [0.25, 0.3) is 0 Å². The fraction of sp³-hybridized carbons (Fsp3) is 0.562. The van der Waals surface area contributed by atoms with E-state index in [4.69, 9.17) is 4.74 Å². The lowest BCUT2D eigenvalue weighted by molar-refractivity contribution is 0.128. The van der Waals surface area contributed by atoms with Crippen LogP contribution in [0.25, 0.3) is 11.0 Å². The summed E-state index contributed by atoms with van der Waals surface area (Å²) < 4.78 is 7.69. The second kappa shape index (κ2) is 8.02. The predicted molar refractivity (Wildman–Crippen MR) is 82.8 cm³/mol. The number of aromatic nitrogens is 2. The Morgan fingerprint density at radius 2 is 2.00 bits per heavy atom. The van der Waals surface area contributed by atoms with Crippen LogP contribution in [0.5, 0.6) is 0 Å². The number of benzene rings is 1. The summed E-state index contributed by atoms with van der Waals surface area (Å²) >= 11 is 0. The van der Waals surface area contributed by atoms with Crippen molar-refractivity contribution in [1.29, 1.82) is 0 Å². The molecule has 0 unspecified atom stereocenters. The van der Waals surface area contributed by atoms with Gasteiger partial charge in [0.2, 0.25) is 0 Å². The van der Waals surface area contributed by atoms with Gasteiger partial charge in [-0.25, -0.2) is 4.98 Å². The first-order valence-electron chi connectivity index (χ1n) is 7.51. The number of aryl methyl sites for hydroxylation is 1. The summed E-state index contributed by atoms with van der Waals surface area (Å²) in [4.78, 5) is 4.64. The maximum absolute atomic E-state index is 5.54. The smallest absolute Gasteiger partial charge is 0.123 e. The van der Waals surface area contributed by atoms with Gasteiger partial charge < -0.3 is 14.6 Å². The molecule has 0 atom stereocenters. The average molecular weight is 275 g/mol. The van der Waals surface area contributed by atoms with E-state index in [9.17, 15) is 0 Å². The Morgan fingerprint density at radius 3 is 2.80 bits per heavy atom. The molecule has 4 heteroatoms. The van der Waals surface area contributed by atoms with Gasteiger partial charge >= 0.3 is 0 Å². The van der Waals surface area contributed by atoms with Crippen LogP contribution in [-0.4, -0.2) is 29.3 Å². The van der Waals surface area contributed by atoms with Gasteiger partial charge in [-0.3, -0.25) is 0 Å². The average Bonchev–Trinajstić information content (AvgIpc) is 2.79. The number of rotatable bonds is 9. The molecule has 1 N–H and O–H groups in total. The second-order valence-corrected chi connectivity index (χ2v) is 5.07. The normalized spacial score (nSPS) is 11.3. The summed E-state index contributed by atoms with van der Waals surface area (Å²) in [6.07, 6.45) is 3.41. The van der Waals surface area contributed by atoms with Crippen molar-refractivity contribution in [3.05, 3.63) is 30.1 Å². The first kappa shape index (κ1) is 15.0. The number of ether oxygens (including phenoxy) is 1. The Balaban J connectivity index is 1.69. The quantitative estimate of drug-likeness (QED) is 0.715. The summed E-state index contributed by atoms with van der Waals surface area (Å²) in [7, 11) is 2.07. The van der Waals surface area contributed by atoms with Crippen LogP contribution in [0.1, 0.15) is 32.0 Å². The largest absolute Gasteiger partial charge is 0.381 e. The molecule has 0 spiro atoms. The molecule has 20 heavy (non-hydrogen) atoms. The molecule has 1 aromatic carbocycles. The Bertz CT molecular complexity index is 521. The van der Waals surface area contributed by atoms with E-state index >= 15 is 0 Å². The molecule has 2 aromatic rings. The molecule has 0 bridgehead atoms. The molecule has 0 saturated carbocycles. The van der Waals surface area contributed by atoms with Crippen LogP contribution in [0, 0.1) is 0 Å². The first-order chi connectivity index (χ1) is 9.83. The lowest BCUT2D eigenvalue weighted by Gasteiger charge is -2.06. The minimum atomic E-state index is 0.806. The van der Waals surface area contributed by atoms with Gasteiger partial charge in [0.1, 0.15) is 5.82 Å². The highest BCUT2D eigenvalue weighted by Crippen LogP contribution is 2.13. The number of fused-ring (bicyclic) bond motifs is 1. The zero-order chi connectivity index (χ0) is 14.2. The molecule has 0 fully saturated rings. The minimum absolute atomic E-state index is 0.806. The van der Waals surface area contributed by atoms with Crippen molar-refractivity contribution in [2.24, 2.45) is 7.05 Å². The molecule has 0 saturated heterocycles. The van der Waals surface area contributed by atoms with E-state index in [0.29, 0.717) is 0 Å². The van der Waals surface area contributed by atoms with Gasteiger partial charge in [-0.1, -0.05) is 25.5 Å². The van der Waals surface area contributed by atoms with Crippen molar-refractivity contribution in [3.8, 4) is 0 Å². The number of hydrogen-bond donors (Lipinski definition) is 1. The molecular formula is C16H25N3O. The number of imidazole rings is 1. The number of unbranched alkanes of at least 4 members (excludes halogenated alkanes) is 1. The van der Waals surface area contributed by atoms with Gasteiger partial charge in [0, 0.05) is 20.3 Å². The van der Waals surface area contributed by atoms with Crippen molar-refractivity contribution < 1.29 is 4.74 Å². The first-order valence-corrected chi connectivity index (χ1v) is 7.51. The Kier molecular flexibility index (Phi) is 6.02. The topological polar surface area (TPSA) is 39.1 Å². The molecule has 2 rings (SSSR count). The van der Waals surface area contributed by atoms with Gasteiger partial charge in [0.05, 0.1) is 17.6 Å². The summed E-state index contributed by atoms with van der Waals surface area (Å²) in [5, 5.41) is 3.43. The Labute approximate surface area is 121 Å². The lowest BCUT2D eigenvalue weighted by atomic mass is 10.3. The van der Waals surface area contributed by atoms with Crippen LogP contribution in [0.4, 0.5) is 0 Å². The van der Waals surface area contributed by atoms with E-state index in [1.807, 2.05) is 6.07 Å². The summed E-state index contributed by atoms with van der Waals surface area (Å²) in [5.74, 6) is 1.08. The zero-order valence-electron chi connectivity index (χ0n) is 12.6. The van der Waals surface area contributed by atoms with Gasteiger partial charge in [-0.15, -0.1) is 0 Å². The van der Waals surface area contributed by atoms with E-state index < -0.39 is 0 Å². The molecule has 0 amide bonds. The third-order valence-electron chi connectivity index (χ3n) is 3.45. The van der Waals surface area contributed by atoms with E-state index in [2.05, 4.69) is 47.0 Å². The standard InChI is InChI=1S/C16H25N3O/c1-3-4-11-20-12-7-10-17-13-16-18-14-8-5-6-9-15(14)19(16)2/h5-6,8-9,17H,3-4,7,10-13H2,1-2H3. The van der Waals surface area contributed by atoms with E-state index in [1.54, 1.807) is 0 Å². The number of nitrogens with one attached hydrogen (secondary N) is 1. The maximum atomic E-state index is 5.54. The molecule has 0 aliphatic heterocycles. The van der Waals surface area contributed by atoms with Gasteiger partial charge in [0.15, 0.2) is 0 Å². The van der Waals surface area contributed by atoms with Crippen molar-refractivity contribution >= 4 is 11.0 Å². The van der Waals surface area contributed by atoms with Crippen LogP contribution in [0.15, 0.2) is 24.3 Å². The molecule has 0 aliphatic rings. The summed E-state index contributed by atoms with van der Waals surface area (Å²) in [6, 6.07) is 8.24. The van der Waals surface area contributed by atoms with E-state index in [1.165, 1.54) is 11.9 Å². The fourth-order valence-electron chi connectivity index (χ4n) is 2.20. The van der Waals surface area contributed by atoms with Crippen molar-refractivity contribution in [2.45, 2.75) is 32.7 Å². The van der Waals surface area contributed by atoms with Crippen molar-refractivity contribution in [1.82, 2.24) is 14.9 Å². The van der Waals surface area contributed by atoms with Crippen LogP contribution >= 0.6 is 0 Å². The fourth-order valence-corrected chi connectivity index (χ4v) is 2.20. The molecule has 4 nitrogen and oxygen atoms in total. The second-order valence-electron chi connectivity index (χ2n) is 5.07. The van der Waals surface area contributed by atoms with E-state index in [0.717, 1.165) is 50.5 Å². The van der Waals surface area contributed by atoms with Gasteiger partial charge in [-0.2, -0.15) is 0 Å². The Morgan fingerprint density at radius 1 is 1.20 bits per heavy atom. The SMILES string of the molecule is CCCCOCCCNCc1nc2ccccc2n1C. The Hall–Kier alpha value is -1.39. The molecule has 1 aromatic heterocycles. The summed E-state index contributed by atoms with van der Waals surface area (Å²) in [5.41, 5.74) is 2.25. The monoisotopic (exact) mass is 275 g/mol. The number of hydrogen-bond acceptors (Lipinski definition) is 3. The van der Waals surface area contributed by atoms with Crippen molar-refractivity contribution in [2.75, 3.05) is 19.8 Å². The molecular weight excluding hydrogens is 250 g/mol. The van der Waals surface area contributed by atoms with Crippen LogP contribution in [-0.2, 0) is 18.3 Å². The van der Waals surface area contributed by atoms with Gasteiger partial charge in [-0.05, 0) is 31.5 Å². The minimum Gasteiger partial charge on any atom is -0.381 e. The third kappa shape index (κ3) is 4.05. The molecule has 0 aliphatic carbocycles. The zero-order valence-corrected chi connectivity index (χ0v) is 12.6. The van der Waals surface area contributed by atoms with Crippen molar-refractivity contribution in [3.63, 3.8) is 0 Å². The summed E-state index contributed by atoms with van der Waals surface area (Å²) in [6.45, 7) is 5.69. The third-order valence-corrected chi connectivity index (χ3v) is 3.45. The number of nitrogens with zero attached hydrogens (tertiary/aromatic N) is 2. The van der Waals surface area contributed by atoms with Crippen LogP contribution in [0.2, 0.25) is 0 Å². The lowest BCUT2D eigenvalue weighted by Crippen LogP contribution is -2.18. The maximum Gasteiger partial charge on any atom is 0.123 e. The van der Waals surface area contributed by atoms with E-state index in [-0.39, 0.29) is 0 Å².